The van der Waals surface area contributed by atoms with Gasteiger partial charge in [-0.3, -0.25) is 4.79 Å². The Morgan fingerprint density at radius 2 is 2.31 bits per heavy atom. The van der Waals surface area contributed by atoms with Crippen molar-refractivity contribution in [1.29, 1.82) is 0 Å². The molecule has 2 heterocycles. The minimum Gasteiger partial charge on any atom is -0.306 e. The zero-order chi connectivity index (χ0) is 9.42. The van der Waals surface area contributed by atoms with Gasteiger partial charge in [0, 0.05) is 22.4 Å². The number of aldehydes is 1. The number of hydrogen-bond acceptors (Lipinski definition) is 2. The van der Waals surface area contributed by atoms with E-state index in [4.69, 9.17) is 0 Å². The van der Waals surface area contributed by atoms with Crippen molar-refractivity contribution >= 4 is 27.9 Å². The molecule has 0 aliphatic carbocycles. The van der Waals surface area contributed by atoms with Crippen LogP contribution < -0.4 is 0 Å². The highest BCUT2D eigenvalue weighted by molar-refractivity contribution is 9.10. The molecule has 3 nitrogen and oxygen atoms in total. The summed E-state index contributed by atoms with van der Waals surface area (Å²) < 4.78 is 2.67. The van der Waals surface area contributed by atoms with Gasteiger partial charge in [0.2, 0.25) is 0 Å². The Morgan fingerprint density at radius 3 is 3.00 bits per heavy atom. The molecule has 0 amide bonds. The third-order valence-electron chi connectivity index (χ3n) is 1.82. The zero-order valence-corrected chi connectivity index (χ0v) is 8.58. The predicted molar refractivity (Wildman–Crippen MR) is 53.0 cm³/mol. The highest BCUT2D eigenvalue weighted by Gasteiger charge is 2.03. The van der Waals surface area contributed by atoms with Gasteiger partial charge in [-0.2, -0.15) is 0 Å². The fourth-order valence-corrected chi connectivity index (χ4v) is 1.67. The molecule has 2 aromatic heterocycles. The van der Waals surface area contributed by atoms with Crippen LogP contribution in [0.25, 0.3) is 5.65 Å². The lowest BCUT2D eigenvalue weighted by atomic mass is 10.3. The predicted octanol–water partition coefficient (Wildman–Crippen LogP) is 2.22. The number of imidazole rings is 1. The summed E-state index contributed by atoms with van der Waals surface area (Å²) in [5.41, 5.74) is 2.36. The van der Waals surface area contributed by atoms with Gasteiger partial charge in [0.05, 0.1) is 5.69 Å². The van der Waals surface area contributed by atoms with E-state index in [1.165, 1.54) is 0 Å². The SMILES string of the molecule is Cc1cn2cc(Br)c(C=O)cc2n1. The number of pyridine rings is 1. The van der Waals surface area contributed by atoms with E-state index in [0.717, 1.165) is 22.1 Å². The van der Waals surface area contributed by atoms with Crippen molar-refractivity contribution < 1.29 is 4.79 Å². The van der Waals surface area contributed by atoms with Crippen LogP contribution in [0.2, 0.25) is 0 Å². The lowest BCUT2D eigenvalue weighted by Gasteiger charge is -1.97. The van der Waals surface area contributed by atoms with Crippen molar-refractivity contribution in [3.63, 3.8) is 0 Å². The van der Waals surface area contributed by atoms with Gasteiger partial charge in [0.15, 0.2) is 6.29 Å². The molecule has 0 saturated carbocycles. The van der Waals surface area contributed by atoms with Crippen LogP contribution in [0.3, 0.4) is 0 Å². The molecule has 0 fully saturated rings. The molecule has 0 spiro atoms. The first-order chi connectivity index (χ1) is 6.20. The molecule has 0 atom stereocenters. The molecule has 66 valence electrons. The summed E-state index contributed by atoms with van der Waals surface area (Å²) in [7, 11) is 0. The van der Waals surface area contributed by atoms with Gasteiger partial charge in [-0.25, -0.2) is 4.98 Å². The molecule has 0 radical (unpaired) electrons. The standard InChI is InChI=1S/C9H7BrN2O/c1-6-3-12-4-8(10)7(5-13)2-9(12)11-6/h2-5H,1H3. The summed E-state index contributed by atoms with van der Waals surface area (Å²) in [6.45, 7) is 1.92. The number of fused-ring (bicyclic) bond motifs is 1. The Kier molecular flexibility index (Phi) is 1.92. The lowest BCUT2D eigenvalue weighted by Crippen LogP contribution is -1.88. The van der Waals surface area contributed by atoms with Crippen molar-refractivity contribution in [3.8, 4) is 0 Å². The van der Waals surface area contributed by atoms with E-state index in [-0.39, 0.29) is 0 Å². The number of rotatable bonds is 1. The lowest BCUT2D eigenvalue weighted by molar-refractivity contribution is 0.112. The van der Waals surface area contributed by atoms with Gasteiger partial charge in [-0.1, -0.05) is 0 Å². The number of aromatic nitrogens is 2. The number of aryl methyl sites for hydroxylation is 1. The van der Waals surface area contributed by atoms with E-state index < -0.39 is 0 Å². The minimum atomic E-state index is 0.623. The maximum absolute atomic E-state index is 10.6. The maximum Gasteiger partial charge on any atom is 0.151 e. The van der Waals surface area contributed by atoms with Gasteiger partial charge >= 0.3 is 0 Å². The van der Waals surface area contributed by atoms with E-state index in [0.29, 0.717) is 5.56 Å². The van der Waals surface area contributed by atoms with Crippen LogP contribution in [-0.2, 0) is 0 Å². The van der Waals surface area contributed by atoms with Crippen LogP contribution in [0.4, 0.5) is 0 Å². The molecular weight excluding hydrogens is 232 g/mol. The summed E-state index contributed by atoms with van der Waals surface area (Å²) in [5, 5.41) is 0. The summed E-state index contributed by atoms with van der Waals surface area (Å²) in [4.78, 5) is 14.9. The molecule has 0 unspecified atom stereocenters. The minimum absolute atomic E-state index is 0.623. The fourth-order valence-electron chi connectivity index (χ4n) is 1.24. The third-order valence-corrected chi connectivity index (χ3v) is 2.48. The third kappa shape index (κ3) is 1.37. The van der Waals surface area contributed by atoms with Crippen molar-refractivity contribution in [3.05, 3.63) is 34.2 Å². The van der Waals surface area contributed by atoms with Crippen LogP contribution in [0.5, 0.6) is 0 Å². The molecule has 0 bridgehead atoms. The van der Waals surface area contributed by atoms with Crippen LogP contribution in [-0.4, -0.2) is 15.7 Å². The number of carbonyl (C=O) groups excluding carboxylic acids is 1. The first-order valence-corrected chi connectivity index (χ1v) is 4.60. The van der Waals surface area contributed by atoms with Gasteiger partial charge in [-0.05, 0) is 28.9 Å². The summed E-state index contributed by atoms with van der Waals surface area (Å²) in [6, 6.07) is 1.75. The Balaban J connectivity index is 2.79. The molecule has 0 saturated heterocycles. The quantitative estimate of drug-likeness (QED) is 0.715. The van der Waals surface area contributed by atoms with Crippen LogP contribution in [0.1, 0.15) is 16.1 Å². The Bertz CT molecular complexity index is 476. The Labute approximate surface area is 83.5 Å². The first-order valence-electron chi connectivity index (χ1n) is 3.81. The number of carbonyl (C=O) groups is 1. The van der Waals surface area contributed by atoms with Crippen LogP contribution in [0.15, 0.2) is 22.9 Å². The second kappa shape index (κ2) is 2.96. The summed E-state index contributed by atoms with van der Waals surface area (Å²) in [6.07, 6.45) is 4.56. The van der Waals surface area contributed by atoms with E-state index in [2.05, 4.69) is 20.9 Å². The highest BCUT2D eigenvalue weighted by Crippen LogP contribution is 2.17. The van der Waals surface area contributed by atoms with Crippen molar-refractivity contribution in [2.75, 3.05) is 0 Å². The van der Waals surface area contributed by atoms with Crippen LogP contribution in [0, 0.1) is 6.92 Å². The second-order valence-electron chi connectivity index (χ2n) is 2.84. The Hall–Kier alpha value is -1.16. The smallest absolute Gasteiger partial charge is 0.151 e. The van der Waals surface area contributed by atoms with Gasteiger partial charge in [0.25, 0.3) is 0 Å². The average molecular weight is 239 g/mol. The monoisotopic (exact) mass is 238 g/mol. The van der Waals surface area contributed by atoms with E-state index in [1.807, 2.05) is 23.7 Å². The topological polar surface area (TPSA) is 34.4 Å². The van der Waals surface area contributed by atoms with Crippen molar-refractivity contribution in [2.45, 2.75) is 6.92 Å². The number of nitrogens with zero attached hydrogens (tertiary/aromatic N) is 2. The summed E-state index contributed by atoms with van der Waals surface area (Å²) >= 11 is 3.31. The molecule has 2 aromatic rings. The molecule has 0 N–H and O–H groups in total. The van der Waals surface area contributed by atoms with Gasteiger partial charge < -0.3 is 4.40 Å². The largest absolute Gasteiger partial charge is 0.306 e. The molecule has 2 rings (SSSR count). The van der Waals surface area contributed by atoms with E-state index in [9.17, 15) is 4.79 Å². The number of halogens is 1. The molecule has 13 heavy (non-hydrogen) atoms. The van der Waals surface area contributed by atoms with Crippen LogP contribution >= 0.6 is 15.9 Å². The maximum atomic E-state index is 10.6. The van der Waals surface area contributed by atoms with E-state index in [1.54, 1.807) is 6.07 Å². The first kappa shape index (κ1) is 8.44. The van der Waals surface area contributed by atoms with E-state index >= 15 is 0 Å². The van der Waals surface area contributed by atoms with Gasteiger partial charge in [-0.15, -0.1) is 0 Å². The zero-order valence-electron chi connectivity index (χ0n) is 6.99. The highest BCUT2D eigenvalue weighted by atomic mass is 79.9. The normalized spacial score (nSPS) is 10.6. The number of hydrogen-bond donors (Lipinski definition) is 0. The molecule has 0 aliphatic heterocycles. The molecule has 0 aromatic carbocycles. The van der Waals surface area contributed by atoms with Crippen molar-refractivity contribution in [2.24, 2.45) is 0 Å². The molecular formula is C9H7BrN2O. The Morgan fingerprint density at radius 1 is 1.54 bits per heavy atom. The van der Waals surface area contributed by atoms with Gasteiger partial charge in [0.1, 0.15) is 5.65 Å². The molecule has 0 aliphatic rings. The second-order valence-corrected chi connectivity index (χ2v) is 3.70. The fraction of sp³-hybridized carbons (Fsp3) is 0.111. The summed E-state index contributed by atoms with van der Waals surface area (Å²) in [5.74, 6) is 0. The van der Waals surface area contributed by atoms with Crippen molar-refractivity contribution in [1.82, 2.24) is 9.38 Å². The average Bonchev–Trinajstić information content (AvgIpc) is 2.42. The molecule has 4 heteroatoms.